The number of hydrogen-bond donors (Lipinski definition) is 2. The van der Waals surface area contributed by atoms with E-state index in [2.05, 4.69) is 5.32 Å². The van der Waals surface area contributed by atoms with Gasteiger partial charge in [-0.3, -0.25) is 4.79 Å². The first kappa shape index (κ1) is 12.5. The van der Waals surface area contributed by atoms with Crippen LogP contribution in [0.5, 0.6) is 0 Å². The molecule has 1 rings (SSSR count). The first-order valence-corrected chi connectivity index (χ1v) is 6.10. The highest BCUT2D eigenvalue weighted by Crippen LogP contribution is 2.21. The number of hydrogen-bond acceptors (Lipinski definition) is 3. The lowest BCUT2D eigenvalue weighted by Gasteiger charge is -2.08. The molecule has 0 aliphatic rings. The summed E-state index contributed by atoms with van der Waals surface area (Å²) >= 11 is 7.32. The zero-order chi connectivity index (χ0) is 11.3. The normalized spacial score (nSPS) is 12.5. The maximum Gasteiger partial charge on any atom is 0.236 e. The standard InChI is InChI=1S/C10H15ClN2OS/c1-2-8(12)10(14)13-6-5-7-3-4-9(11)15-7/h3-4,8H,2,5-6,12H2,1H3,(H,13,14)/t8-/m1/s1. The maximum atomic E-state index is 11.3. The molecule has 0 aliphatic carbocycles. The largest absolute Gasteiger partial charge is 0.354 e. The molecule has 84 valence electrons. The third kappa shape index (κ3) is 4.20. The number of carbonyl (C=O) groups is 1. The molecule has 15 heavy (non-hydrogen) atoms. The second-order valence-corrected chi connectivity index (χ2v) is 5.06. The summed E-state index contributed by atoms with van der Waals surface area (Å²) < 4.78 is 0.779. The summed E-state index contributed by atoms with van der Waals surface area (Å²) in [4.78, 5) is 12.5. The van der Waals surface area contributed by atoms with Crippen LogP contribution in [0.1, 0.15) is 18.2 Å². The van der Waals surface area contributed by atoms with Crippen molar-refractivity contribution in [2.24, 2.45) is 5.73 Å². The summed E-state index contributed by atoms with van der Waals surface area (Å²) in [6, 6.07) is 3.44. The second-order valence-electron chi connectivity index (χ2n) is 3.26. The van der Waals surface area contributed by atoms with Crippen LogP contribution in [-0.4, -0.2) is 18.5 Å². The third-order valence-electron chi connectivity index (χ3n) is 2.08. The molecule has 0 aliphatic heterocycles. The zero-order valence-corrected chi connectivity index (χ0v) is 10.2. The molecule has 0 spiro atoms. The highest BCUT2D eigenvalue weighted by Gasteiger charge is 2.09. The van der Waals surface area contributed by atoms with Gasteiger partial charge in [-0.1, -0.05) is 18.5 Å². The minimum Gasteiger partial charge on any atom is -0.354 e. The predicted octanol–water partition coefficient (Wildman–Crippen LogP) is 1.80. The van der Waals surface area contributed by atoms with Crippen molar-refractivity contribution in [2.75, 3.05) is 6.54 Å². The van der Waals surface area contributed by atoms with Crippen molar-refractivity contribution in [1.82, 2.24) is 5.32 Å². The lowest BCUT2D eigenvalue weighted by molar-refractivity contribution is -0.122. The van der Waals surface area contributed by atoms with E-state index in [9.17, 15) is 4.79 Å². The van der Waals surface area contributed by atoms with Gasteiger partial charge in [0.05, 0.1) is 10.4 Å². The van der Waals surface area contributed by atoms with E-state index < -0.39 is 6.04 Å². The molecule has 1 atom stereocenters. The van der Waals surface area contributed by atoms with Crippen LogP contribution in [0.15, 0.2) is 12.1 Å². The van der Waals surface area contributed by atoms with Crippen LogP contribution in [-0.2, 0) is 11.2 Å². The quantitative estimate of drug-likeness (QED) is 0.833. The van der Waals surface area contributed by atoms with Gasteiger partial charge in [0, 0.05) is 11.4 Å². The molecule has 0 radical (unpaired) electrons. The van der Waals surface area contributed by atoms with Crippen molar-refractivity contribution >= 4 is 28.8 Å². The van der Waals surface area contributed by atoms with Crippen molar-refractivity contribution in [3.05, 3.63) is 21.3 Å². The summed E-state index contributed by atoms with van der Waals surface area (Å²) in [5.74, 6) is -0.0832. The molecular weight excluding hydrogens is 232 g/mol. The number of thiophene rings is 1. The van der Waals surface area contributed by atoms with Gasteiger partial charge in [0.1, 0.15) is 0 Å². The molecule has 0 bridgehead atoms. The molecule has 1 aromatic rings. The van der Waals surface area contributed by atoms with Gasteiger partial charge in [0.15, 0.2) is 0 Å². The van der Waals surface area contributed by atoms with E-state index in [1.165, 1.54) is 16.2 Å². The van der Waals surface area contributed by atoms with Crippen molar-refractivity contribution in [2.45, 2.75) is 25.8 Å². The molecule has 5 heteroatoms. The molecule has 0 saturated carbocycles. The highest BCUT2D eigenvalue weighted by molar-refractivity contribution is 7.16. The fourth-order valence-electron chi connectivity index (χ4n) is 1.11. The van der Waals surface area contributed by atoms with Crippen LogP contribution in [0.2, 0.25) is 4.34 Å². The summed E-state index contributed by atoms with van der Waals surface area (Å²) in [6.45, 7) is 2.51. The topological polar surface area (TPSA) is 55.1 Å². The summed E-state index contributed by atoms with van der Waals surface area (Å²) in [5.41, 5.74) is 5.57. The number of nitrogens with two attached hydrogens (primary N) is 1. The third-order valence-corrected chi connectivity index (χ3v) is 3.37. The van der Waals surface area contributed by atoms with Gasteiger partial charge >= 0.3 is 0 Å². The number of rotatable bonds is 5. The summed E-state index contributed by atoms with van der Waals surface area (Å²) in [5, 5.41) is 2.79. The fraction of sp³-hybridized carbons (Fsp3) is 0.500. The molecule has 1 aromatic heterocycles. The Hall–Kier alpha value is -0.580. The number of amides is 1. The van der Waals surface area contributed by atoms with Crippen LogP contribution in [0.3, 0.4) is 0 Å². The minimum atomic E-state index is -0.392. The Bertz CT molecular complexity index is 327. The Kier molecular flexibility index (Phi) is 5.08. The van der Waals surface area contributed by atoms with Crippen molar-refractivity contribution < 1.29 is 4.79 Å². The molecular formula is C10H15ClN2OS. The average molecular weight is 247 g/mol. The monoisotopic (exact) mass is 246 g/mol. The van der Waals surface area contributed by atoms with E-state index >= 15 is 0 Å². The second kappa shape index (κ2) is 6.10. The molecule has 0 aromatic carbocycles. The van der Waals surface area contributed by atoms with Crippen molar-refractivity contribution in [1.29, 1.82) is 0 Å². The average Bonchev–Trinajstić information content (AvgIpc) is 2.63. The lowest BCUT2D eigenvalue weighted by atomic mass is 10.2. The smallest absolute Gasteiger partial charge is 0.236 e. The van der Waals surface area contributed by atoms with E-state index in [0.29, 0.717) is 13.0 Å². The van der Waals surface area contributed by atoms with E-state index in [4.69, 9.17) is 17.3 Å². The number of carbonyl (C=O) groups excluding carboxylic acids is 1. The molecule has 1 amide bonds. The van der Waals surface area contributed by atoms with Gasteiger partial charge in [-0.2, -0.15) is 0 Å². The summed E-state index contributed by atoms with van der Waals surface area (Å²) in [7, 11) is 0. The Labute approximate surface area is 98.6 Å². The van der Waals surface area contributed by atoms with Gasteiger partial charge < -0.3 is 11.1 Å². The molecule has 3 nitrogen and oxygen atoms in total. The van der Waals surface area contributed by atoms with Crippen LogP contribution < -0.4 is 11.1 Å². The fourth-order valence-corrected chi connectivity index (χ4v) is 2.20. The Balaban J connectivity index is 2.24. The Morgan fingerprint density at radius 3 is 2.93 bits per heavy atom. The Morgan fingerprint density at radius 1 is 1.67 bits per heavy atom. The minimum absolute atomic E-state index is 0.0832. The van der Waals surface area contributed by atoms with E-state index in [1.807, 2.05) is 19.1 Å². The van der Waals surface area contributed by atoms with E-state index in [1.54, 1.807) is 0 Å². The number of halogens is 1. The van der Waals surface area contributed by atoms with Gasteiger partial charge in [-0.05, 0) is 25.0 Å². The summed E-state index contributed by atoms with van der Waals surface area (Å²) in [6.07, 6.45) is 1.47. The lowest BCUT2D eigenvalue weighted by Crippen LogP contribution is -2.40. The number of nitrogens with one attached hydrogen (secondary N) is 1. The van der Waals surface area contributed by atoms with Crippen molar-refractivity contribution in [3.8, 4) is 0 Å². The van der Waals surface area contributed by atoms with Crippen LogP contribution in [0.4, 0.5) is 0 Å². The SMILES string of the molecule is CC[C@@H](N)C(=O)NCCc1ccc(Cl)s1. The van der Waals surface area contributed by atoms with Gasteiger partial charge in [0.2, 0.25) is 5.91 Å². The van der Waals surface area contributed by atoms with Gasteiger partial charge in [0.25, 0.3) is 0 Å². The van der Waals surface area contributed by atoms with Gasteiger partial charge in [-0.25, -0.2) is 0 Å². The highest BCUT2D eigenvalue weighted by atomic mass is 35.5. The zero-order valence-electron chi connectivity index (χ0n) is 8.63. The van der Waals surface area contributed by atoms with E-state index in [0.717, 1.165) is 10.8 Å². The molecule has 3 N–H and O–H groups in total. The van der Waals surface area contributed by atoms with Crippen LogP contribution in [0.25, 0.3) is 0 Å². The van der Waals surface area contributed by atoms with Gasteiger partial charge in [-0.15, -0.1) is 11.3 Å². The van der Waals surface area contributed by atoms with Crippen LogP contribution >= 0.6 is 22.9 Å². The maximum absolute atomic E-state index is 11.3. The Morgan fingerprint density at radius 2 is 2.40 bits per heavy atom. The first-order valence-electron chi connectivity index (χ1n) is 4.91. The molecule has 0 saturated heterocycles. The van der Waals surface area contributed by atoms with Crippen LogP contribution in [0, 0.1) is 0 Å². The molecule has 0 fully saturated rings. The first-order chi connectivity index (χ1) is 7.13. The molecule has 0 unspecified atom stereocenters. The predicted molar refractivity (Wildman–Crippen MR) is 64.3 cm³/mol. The molecule has 1 heterocycles. The van der Waals surface area contributed by atoms with Crippen molar-refractivity contribution in [3.63, 3.8) is 0 Å². The van der Waals surface area contributed by atoms with E-state index in [-0.39, 0.29) is 5.91 Å².